The lowest BCUT2D eigenvalue weighted by molar-refractivity contribution is 0.0696. The molecule has 0 aliphatic heterocycles. The number of benzene rings is 1. The second kappa shape index (κ2) is 6.29. The third-order valence-corrected chi connectivity index (χ3v) is 3.65. The number of hydrogen-bond donors (Lipinski definition) is 1. The van der Waals surface area contributed by atoms with E-state index in [0.717, 1.165) is 18.6 Å². The van der Waals surface area contributed by atoms with Crippen LogP contribution < -0.4 is 4.74 Å². The van der Waals surface area contributed by atoms with Crippen molar-refractivity contribution < 1.29 is 14.6 Å². The summed E-state index contributed by atoms with van der Waals surface area (Å²) in [4.78, 5) is 10.8. The highest BCUT2D eigenvalue weighted by Gasteiger charge is 2.28. The van der Waals surface area contributed by atoms with E-state index in [1.54, 1.807) is 24.3 Å². The fourth-order valence-electron chi connectivity index (χ4n) is 2.44. The maximum absolute atomic E-state index is 10.8. The molecule has 0 unspecified atom stereocenters. The van der Waals surface area contributed by atoms with Gasteiger partial charge in [-0.05, 0) is 41.5 Å². The van der Waals surface area contributed by atoms with Crippen molar-refractivity contribution >= 4 is 5.97 Å². The van der Waals surface area contributed by atoms with Crippen LogP contribution in [0, 0.1) is 10.8 Å². The summed E-state index contributed by atoms with van der Waals surface area (Å²) in [6.07, 6.45) is 2.23. The fraction of sp³-hybridized carbons (Fsp3) is 0.588. The van der Waals surface area contributed by atoms with Gasteiger partial charge in [0, 0.05) is 0 Å². The Bertz CT molecular complexity index is 444. The summed E-state index contributed by atoms with van der Waals surface area (Å²) in [6, 6.07) is 6.57. The summed E-state index contributed by atoms with van der Waals surface area (Å²) in [7, 11) is 0. The van der Waals surface area contributed by atoms with Crippen LogP contribution in [0.1, 0.15) is 57.8 Å². The summed E-state index contributed by atoms with van der Waals surface area (Å²) in [5.74, 6) is -0.195. The average molecular weight is 278 g/mol. The van der Waals surface area contributed by atoms with E-state index in [9.17, 15) is 4.79 Å². The molecular formula is C17H26O3. The quantitative estimate of drug-likeness (QED) is 0.791. The van der Waals surface area contributed by atoms with Crippen molar-refractivity contribution in [2.24, 2.45) is 10.8 Å². The molecule has 20 heavy (non-hydrogen) atoms. The first-order chi connectivity index (χ1) is 9.15. The largest absolute Gasteiger partial charge is 0.493 e. The predicted molar refractivity (Wildman–Crippen MR) is 81.4 cm³/mol. The molecule has 0 bridgehead atoms. The molecule has 1 N–H and O–H groups in total. The SMILES string of the molecule is CCC(C)(C)CC(C)(C)COc1ccc(C(=O)O)cc1. The van der Waals surface area contributed by atoms with Crippen molar-refractivity contribution in [3.63, 3.8) is 0 Å². The number of aromatic carboxylic acids is 1. The van der Waals surface area contributed by atoms with E-state index in [2.05, 4.69) is 34.6 Å². The van der Waals surface area contributed by atoms with E-state index in [-0.39, 0.29) is 11.0 Å². The fourth-order valence-corrected chi connectivity index (χ4v) is 2.44. The number of carboxylic acid groups (broad SMARTS) is 1. The Morgan fingerprint density at radius 3 is 2.10 bits per heavy atom. The van der Waals surface area contributed by atoms with E-state index in [1.807, 2.05) is 0 Å². The lowest BCUT2D eigenvalue weighted by Gasteiger charge is -2.34. The molecule has 0 heterocycles. The van der Waals surface area contributed by atoms with Crippen LogP contribution in [0.4, 0.5) is 0 Å². The Labute approximate surface area is 122 Å². The second-order valence-electron chi connectivity index (χ2n) is 6.98. The smallest absolute Gasteiger partial charge is 0.335 e. The number of carbonyl (C=O) groups is 1. The van der Waals surface area contributed by atoms with Crippen LogP contribution in [-0.4, -0.2) is 17.7 Å². The zero-order chi connectivity index (χ0) is 15.4. The Balaban J connectivity index is 2.59. The van der Waals surface area contributed by atoms with Crippen LogP contribution in [0.25, 0.3) is 0 Å². The molecule has 0 saturated heterocycles. The molecule has 1 rings (SSSR count). The molecule has 112 valence electrons. The van der Waals surface area contributed by atoms with Crippen molar-refractivity contribution in [2.75, 3.05) is 6.61 Å². The van der Waals surface area contributed by atoms with Crippen LogP contribution in [0.15, 0.2) is 24.3 Å². The van der Waals surface area contributed by atoms with Crippen LogP contribution in [0.5, 0.6) is 5.75 Å². The summed E-state index contributed by atoms with van der Waals surface area (Å²) in [5, 5.41) is 8.85. The zero-order valence-electron chi connectivity index (χ0n) is 13.2. The zero-order valence-corrected chi connectivity index (χ0v) is 13.2. The van der Waals surface area contributed by atoms with E-state index < -0.39 is 5.97 Å². The Kier molecular flexibility index (Phi) is 5.21. The molecule has 0 aliphatic rings. The van der Waals surface area contributed by atoms with Crippen molar-refractivity contribution in [3.05, 3.63) is 29.8 Å². The van der Waals surface area contributed by atoms with Gasteiger partial charge in [-0.1, -0.05) is 41.0 Å². The number of hydrogen-bond acceptors (Lipinski definition) is 2. The van der Waals surface area contributed by atoms with Gasteiger partial charge in [-0.3, -0.25) is 0 Å². The lowest BCUT2D eigenvalue weighted by atomic mass is 9.74. The molecule has 0 amide bonds. The third-order valence-electron chi connectivity index (χ3n) is 3.65. The Morgan fingerprint density at radius 2 is 1.65 bits per heavy atom. The highest BCUT2D eigenvalue weighted by Crippen LogP contribution is 2.36. The molecule has 0 atom stereocenters. The van der Waals surface area contributed by atoms with E-state index in [4.69, 9.17) is 9.84 Å². The molecular weight excluding hydrogens is 252 g/mol. The van der Waals surface area contributed by atoms with E-state index in [1.165, 1.54) is 0 Å². The minimum Gasteiger partial charge on any atom is -0.493 e. The Morgan fingerprint density at radius 1 is 1.10 bits per heavy atom. The predicted octanol–water partition coefficient (Wildman–Crippen LogP) is 4.62. The maximum Gasteiger partial charge on any atom is 0.335 e. The topological polar surface area (TPSA) is 46.5 Å². The van der Waals surface area contributed by atoms with Gasteiger partial charge in [0.2, 0.25) is 0 Å². The Hall–Kier alpha value is -1.51. The van der Waals surface area contributed by atoms with Gasteiger partial charge in [0.25, 0.3) is 0 Å². The van der Waals surface area contributed by atoms with Crippen molar-refractivity contribution in [2.45, 2.75) is 47.5 Å². The van der Waals surface area contributed by atoms with Crippen LogP contribution in [0.2, 0.25) is 0 Å². The van der Waals surface area contributed by atoms with E-state index in [0.29, 0.717) is 12.0 Å². The normalized spacial score (nSPS) is 12.2. The highest BCUT2D eigenvalue weighted by atomic mass is 16.5. The molecule has 1 aromatic rings. The first kappa shape index (κ1) is 16.5. The molecule has 3 nitrogen and oxygen atoms in total. The number of rotatable bonds is 7. The van der Waals surface area contributed by atoms with Gasteiger partial charge in [0.1, 0.15) is 5.75 Å². The van der Waals surface area contributed by atoms with Gasteiger partial charge >= 0.3 is 5.97 Å². The molecule has 0 spiro atoms. The average Bonchev–Trinajstić information content (AvgIpc) is 2.36. The van der Waals surface area contributed by atoms with Crippen LogP contribution in [0.3, 0.4) is 0 Å². The van der Waals surface area contributed by atoms with Gasteiger partial charge in [0.15, 0.2) is 0 Å². The summed E-state index contributed by atoms with van der Waals surface area (Å²) in [6.45, 7) is 11.8. The van der Waals surface area contributed by atoms with Gasteiger partial charge in [-0.15, -0.1) is 0 Å². The molecule has 0 aromatic heterocycles. The standard InChI is InChI=1S/C17H26O3/c1-6-16(2,3)11-17(4,5)12-20-14-9-7-13(8-10-14)15(18)19/h7-10H,6,11-12H2,1-5H3,(H,18,19). The summed E-state index contributed by atoms with van der Waals surface area (Å²) in [5.41, 5.74) is 0.675. The molecule has 0 radical (unpaired) electrons. The summed E-state index contributed by atoms with van der Waals surface area (Å²) >= 11 is 0. The van der Waals surface area contributed by atoms with E-state index >= 15 is 0 Å². The van der Waals surface area contributed by atoms with Crippen molar-refractivity contribution in [3.8, 4) is 5.75 Å². The number of ether oxygens (including phenoxy) is 1. The molecule has 3 heteroatoms. The molecule has 0 saturated carbocycles. The van der Waals surface area contributed by atoms with Crippen LogP contribution in [-0.2, 0) is 0 Å². The minimum absolute atomic E-state index is 0.0883. The highest BCUT2D eigenvalue weighted by molar-refractivity contribution is 5.87. The van der Waals surface area contributed by atoms with Crippen molar-refractivity contribution in [1.29, 1.82) is 0 Å². The molecule has 1 aromatic carbocycles. The first-order valence-corrected chi connectivity index (χ1v) is 7.11. The first-order valence-electron chi connectivity index (χ1n) is 7.11. The third kappa shape index (κ3) is 5.24. The number of carboxylic acids is 1. The monoisotopic (exact) mass is 278 g/mol. The molecule has 0 fully saturated rings. The molecule has 0 aliphatic carbocycles. The second-order valence-corrected chi connectivity index (χ2v) is 6.98. The van der Waals surface area contributed by atoms with Crippen LogP contribution >= 0.6 is 0 Å². The lowest BCUT2D eigenvalue weighted by Crippen LogP contribution is -2.28. The van der Waals surface area contributed by atoms with Gasteiger partial charge in [-0.25, -0.2) is 4.79 Å². The van der Waals surface area contributed by atoms with Crippen molar-refractivity contribution in [1.82, 2.24) is 0 Å². The van der Waals surface area contributed by atoms with Gasteiger partial charge in [-0.2, -0.15) is 0 Å². The summed E-state index contributed by atoms with van der Waals surface area (Å²) < 4.78 is 5.80. The minimum atomic E-state index is -0.915. The maximum atomic E-state index is 10.8. The van der Waals surface area contributed by atoms with Gasteiger partial charge in [0.05, 0.1) is 12.2 Å². The van der Waals surface area contributed by atoms with Gasteiger partial charge < -0.3 is 9.84 Å².